The van der Waals surface area contributed by atoms with Crippen LogP contribution in [-0.2, 0) is 15.7 Å². The van der Waals surface area contributed by atoms with Crippen LogP contribution in [0.4, 0.5) is 13.2 Å². The highest BCUT2D eigenvalue weighted by Gasteiger charge is 2.31. The number of halogens is 3. The molecular weight excluding hydrogens is 271 g/mol. The van der Waals surface area contributed by atoms with Crippen molar-refractivity contribution in [2.24, 2.45) is 0 Å². The lowest BCUT2D eigenvalue weighted by Crippen LogP contribution is -2.38. The molecule has 6 heteroatoms. The summed E-state index contributed by atoms with van der Waals surface area (Å²) in [7, 11) is 1.28. The summed E-state index contributed by atoms with van der Waals surface area (Å²) in [5.74, 6) is -0.425. The average molecular weight is 289 g/mol. The number of methoxy groups -OCH3 is 1. The van der Waals surface area contributed by atoms with Gasteiger partial charge >= 0.3 is 12.1 Å². The molecule has 3 nitrogen and oxygen atoms in total. The molecule has 0 amide bonds. The highest BCUT2D eigenvalue weighted by molar-refractivity contribution is 5.75. The summed E-state index contributed by atoms with van der Waals surface area (Å²) in [6, 6.07) is 4.13. The monoisotopic (exact) mass is 289 g/mol. The molecule has 0 saturated heterocycles. The van der Waals surface area contributed by atoms with E-state index >= 15 is 0 Å². The van der Waals surface area contributed by atoms with Gasteiger partial charge in [-0.05, 0) is 31.0 Å². The summed E-state index contributed by atoms with van der Waals surface area (Å²) < 4.78 is 42.6. The van der Waals surface area contributed by atoms with Gasteiger partial charge in [0.1, 0.15) is 6.04 Å². The number of rotatable bonds is 5. The first-order valence-electron chi connectivity index (χ1n) is 6.30. The van der Waals surface area contributed by atoms with Crippen molar-refractivity contribution >= 4 is 5.97 Å². The molecular formula is C14H18F3NO2. The van der Waals surface area contributed by atoms with Gasteiger partial charge in [0.15, 0.2) is 0 Å². The molecule has 20 heavy (non-hydrogen) atoms. The van der Waals surface area contributed by atoms with E-state index in [1.54, 1.807) is 19.9 Å². The molecule has 0 fully saturated rings. The van der Waals surface area contributed by atoms with Gasteiger partial charge in [-0.3, -0.25) is 10.1 Å². The Labute approximate surface area is 116 Å². The topological polar surface area (TPSA) is 38.3 Å². The van der Waals surface area contributed by atoms with Gasteiger partial charge in [-0.25, -0.2) is 0 Å². The van der Waals surface area contributed by atoms with E-state index < -0.39 is 23.8 Å². The molecule has 0 aliphatic carbocycles. The molecule has 1 N–H and O–H groups in total. The lowest BCUT2D eigenvalue weighted by Gasteiger charge is -2.21. The second-order valence-electron chi connectivity index (χ2n) is 4.50. The van der Waals surface area contributed by atoms with Gasteiger partial charge in [0.05, 0.1) is 12.7 Å². The number of carbonyl (C=O) groups excluding carboxylic acids is 1. The normalized spacial score (nSPS) is 14.7. The molecule has 1 aromatic carbocycles. The van der Waals surface area contributed by atoms with Crippen LogP contribution in [-0.4, -0.2) is 19.1 Å². The summed E-state index contributed by atoms with van der Waals surface area (Å²) in [5, 5.41) is 2.97. The zero-order valence-electron chi connectivity index (χ0n) is 11.6. The third-order valence-corrected chi connectivity index (χ3v) is 3.06. The first-order chi connectivity index (χ1) is 9.29. The van der Waals surface area contributed by atoms with Crippen LogP contribution in [0.2, 0.25) is 0 Å². The number of alkyl halides is 3. The van der Waals surface area contributed by atoms with Crippen molar-refractivity contribution in [3.05, 3.63) is 35.4 Å². The standard InChI is InChI=1S/C14H18F3NO2/c1-4-12(13(19)20-3)18-9(2)10-6-5-7-11(8-10)14(15,16)17/h5-9,12,18H,4H2,1-3H3. The molecule has 2 unspecified atom stereocenters. The van der Waals surface area contributed by atoms with Gasteiger partial charge in [-0.2, -0.15) is 13.2 Å². The van der Waals surface area contributed by atoms with E-state index in [-0.39, 0.29) is 6.04 Å². The third kappa shape index (κ3) is 4.23. The van der Waals surface area contributed by atoms with Crippen molar-refractivity contribution in [3.8, 4) is 0 Å². The van der Waals surface area contributed by atoms with Crippen LogP contribution in [0.25, 0.3) is 0 Å². The van der Waals surface area contributed by atoms with Crippen LogP contribution in [0.5, 0.6) is 0 Å². The minimum absolute atomic E-state index is 0.388. The summed E-state index contributed by atoms with van der Waals surface area (Å²) in [6.45, 7) is 3.51. The van der Waals surface area contributed by atoms with Gasteiger partial charge in [0.25, 0.3) is 0 Å². The molecule has 0 aliphatic heterocycles. The smallest absolute Gasteiger partial charge is 0.416 e. The van der Waals surface area contributed by atoms with Gasteiger partial charge in [-0.1, -0.05) is 19.1 Å². The van der Waals surface area contributed by atoms with Gasteiger partial charge < -0.3 is 4.74 Å². The van der Waals surface area contributed by atoms with Crippen molar-refractivity contribution < 1.29 is 22.7 Å². The number of hydrogen-bond donors (Lipinski definition) is 1. The maximum absolute atomic E-state index is 12.6. The van der Waals surface area contributed by atoms with E-state index in [9.17, 15) is 18.0 Å². The van der Waals surface area contributed by atoms with Gasteiger partial charge in [0.2, 0.25) is 0 Å². The molecule has 1 rings (SSSR count). The molecule has 0 radical (unpaired) electrons. The summed E-state index contributed by atoms with van der Waals surface area (Å²) in [4.78, 5) is 11.5. The fourth-order valence-electron chi connectivity index (χ4n) is 1.88. The Bertz CT molecular complexity index is 460. The van der Waals surface area contributed by atoms with E-state index in [1.807, 2.05) is 0 Å². The van der Waals surface area contributed by atoms with Crippen molar-refractivity contribution in [3.63, 3.8) is 0 Å². The number of esters is 1. The third-order valence-electron chi connectivity index (χ3n) is 3.06. The first kappa shape index (κ1) is 16.5. The molecule has 1 aromatic rings. The molecule has 2 atom stereocenters. The van der Waals surface area contributed by atoms with E-state index in [0.29, 0.717) is 12.0 Å². The van der Waals surface area contributed by atoms with Crippen LogP contribution >= 0.6 is 0 Å². The SMILES string of the molecule is CCC(NC(C)c1cccc(C(F)(F)F)c1)C(=O)OC. The Kier molecular flexibility index (Phi) is 5.56. The second kappa shape index (κ2) is 6.74. The van der Waals surface area contributed by atoms with E-state index in [1.165, 1.54) is 13.2 Å². The van der Waals surface area contributed by atoms with Crippen molar-refractivity contribution in [1.29, 1.82) is 0 Å². The zero-order chi connectivity index (χ0) is 15.3. The van der Waals surface area contributed by atoms with E-state index in [4.69, 9.17) is 0 Å². The minimum Gasteiger partial charge on any atom is -0.468 e. The predicted octanol–water partition coefficient (Wildman–Crippen LogP) is 3.31. The predicted molar refractivity (Wildman–Crippen MR) is 69.1 cm³/mol. The minimum atomic E-state index is -4.37. The van der Waals surface area contributed by atoms with Crippen LogP contribution in [0.15, 0.2) is 24.3 Å². The van der Waals surface area contributed by atoms with E-state index in [0.717, 1.165) is 12.1 Å². The highest BCUT2D eigenvalue weighted by Crippen LogP contribution is 2.30. The zero-order valence-corrected chi connectivity index (χ0v) is 11.6. The quantitative estimate of drug-likeness (QED) is 0.845. The van der Waals surface area contributed by atoms with Crippen LogP contribution in [0.1, 0.15) is 37.4 Å². The summed E-state index contributed by atoms with van der Waals surface area (Å²) >= 11 is 0. The lowest BCUT2D eigenvalue weighted by atomic mass is 10.0. The first-order valence-corrected chi connectivity index (χ1v) is 6.30. The van der Waals surface area contributed by atoms with Crippen molar-refractivity contribution in [1.82, 2.24) is 5.32 Å². The Morgan fingerprint density at radius 3 is 2.55 bits per heavy atom. The lowest BCUT2D eigenvalue weighted by molar-refractivity contribution is -0.143. The molecule has 0 bridgehead atoms. The average Bonchev–Trinajstić information content (AvgIpc) is 2.42. The number of ether oxygens (including phenoxy) is 1. The van der Waals surface area contributed by atoms with E-state index in [2.05, 4.69) is 10.1 Å². The summed E-state index contributed by atoms with van der Waals surface area (Å²) in [6.07, 6.45) is -3.88. The van der Waals surface area contributed by atoms with Crippen LogP contribution in [0.3, 0.4) is 0 Å². The highest BCUT2D eigenvalue weighted by atomic mass is 19.4. The fraction of sp³-hybridized carbons (Fsp3) is 0.500. The maximum atomic E-state index is 12.6. The van der Waals surface area contributed by atoms with Gasteiger partial charge in [-0.15, -0.1) is 0 Å². The Morgan fingerprint density at radius 1 is 1.40 bits per heavy atom. The second-order valence-corrected chi connectivity index (χ2v) is 4.50. The molecule has 112 valence electrons. The Morgan fingerprint density at radius 2 is 2.05 bits per heavy atom. The summed E-state index contributed by atoms with van der Waals surface area (Å²) in [5.41, 5.74) is -0.225. The molecule has 0 heterocycles. The number of carbonyl (C=O) groups is 1. The maximum Gasteiger partial charge on any atom is 0.416 e. The van der Waals surface area contributed by atoms with Crippen LogP contribution < -0.4 is 5.32 Å². The Hall–Kier alpha value is -1.56. The van der Waals surface area contributed by atoms with Crippen LogP contribution in [0, 0.1) is 0 Å². The Balaban J connectivity index is 2.87. The van der Waals surface area contributed by atoms with Crippen molar-refractivity contribution in [2.75, 3.05) is 7.11 Å². The number of benzene rings is 1. The van der Waals surface area contributed by atoms with Gasteiger partial charge in [0, 0.05) is 6.04 Å². The largest absolute Gasteiger partial charge is 0.468 e. The molecule has 0 aliphatic rings. The molecule has 0 spiro atoms. The number of nitrogens with one attached hydrogen (secondary N) is 1. The molecule has 0 saturated carbocycles. The fourth-order valence-corrected chi connectivity index (χ4v) is 1.88. The van der Waals surface area contributed by atoms with Crippen molar-refractivity contribution in [2.45, 2.75) is 38.5 Å². The molecule has 0 aromatic heterocycles. The number of hydrogen-bond acceptors (Lipinski definition) is 3.